The minimum Gasteiger partial charge on any atom is -0.373 e. The smallest absolute Gasteiger partial charge is 0.255 e. The summed E-state index contributed by atoms with van der Waals surface area (Å²) in [6, 6.07) is 0. The van der Waals surface area contributed by atoms with Crippen LogP contribution in [0, 0.1) is 0 Å². The van der Waals surface area contributed by atoms with E-state index in [4.69, 9.17) is 9.47 Å². The fourth-order valence-electron chi connectivity index (χ4n) is 1.87. The average Bonchev–Trinajstić information content (AvgIpc) is 2.20. The Morgan fingerprint density at radius 3 is 2.85 bits per heavy atom. The molecule has 0 aromatic carbocycles. The Kier molecular flexibility index (Phi) is 2.65. The summed E-state index contributed by atoms with van der Waals surface area (Å²) in [5, 5.41) is 0. The number of alkyl halides is 1. The number of halogens is 1. The van der Waals surface area contributed by atoms with Gasteiger partial charge >= 0.3 is 0 Å². The molecule has 0 spiro atoms. The third kappa shape index (κ3) is 1.92. The first-order chi connectivity index (χ1) is 6.31. The lowest BCUT2D eigenvalue weighted by Crippen LogP contribution is -2.41. The van der Waals surface area contributed by atoms with E-state index < -0.39 is 5.85 Å². The first-order valence-corrected chi connectivity index (χ1v) is 4.91. The molecule has 13 heavy (non-hydrogen) atoms. The van der Waals surface area contributed by atoms with E-state index in [0.717, 1.165) is 24.8 Å². The summed E-state index contributed by atoms with van der Waals surface area (Å²) < 4.78 is 24.3. The largest absolute Gasteiger partial charge is 0.373 e. The molecule has 74 valence electrons. The molecule has 0 amide bonds. The first kappa shape index (κ1) is 9.16. The summed E-state index contributed by atoms with van der Waals surface area (Å²) >= 11 is 0. The Balaban J connectivity index is 2.07. The van der Waals surface area contributed by atoms with Crippen molar-refractivity contribution in [2.75, 3.05) is 19.8 Å². The Bertz CT molecular complexity index is 207. The lowest BCUT2D eigenvalue weighted by Gasteiger charge is -2.33. The summed E-state index contributed by atoms with van der Waals surface area (Å²) in [6.45, 7) is 0.950. The molecule has 1 aliphatic carbocycles. The maximum atomic E-state index is 14.0. The fourth-order valence-corrected chi connectivity index (χ4v) is 1.87. The van der Waals surface area contributed by atoms with Crippen molar-refractivity contribution in [3.63, 3.8) is 0 Å². The molecule has 0 bridgehead atoms. The number of ether oxygens (including phenoxy) is 2. The molecule has 3 heteroatoms. The van der Waals surface area contributed by atoms with Crippen LogP contribution in [0.1, 0.15) is 25.7 Å². The summed E-state index contributed by atoms with van der Waals surface area (Å²) in [6.07, 6.45) is 6.00. The SMILES string of the molecule is FC1(C2=CCCCC2)COCCO1. The number of hydrogen-bond acceptors (Lipinski definition) is 2. The normalized spacial score (nSPS) is 35.6. The van der Waals surface area contributed by atoms with Gasteiger partial charge in [0.2, 0.25) is 0 Å². The lowest BCUT2D eigenvalue weighted by molar-refractivity contribution is -0.205. The molecule has 0 saturated carbocycles. The minimum atomic E-state index is -1.61. The van der Waals surface area contributed by atoms with Gasteiger partial charge in [-0.05, 0) is 31.3 Å². The van der Waals surface area contributed by atoms with Gasteiger partial charge in [-0.25, -0.2) is 4.39 Å². The van der Waals surface area contributed by atoms with Crippen molar-refractivity contribution in [2.24, 2.45) is 0 Å². The zero-order valence-corrected chi connectivity index (χ0v) is 7.72. The van der Waals surface area contributed by atoms with Crippen LogP contribution in [0.15, 0.2) is 11.6 Å². The average molecular weight is 186 g/mol. The molecular formula is C10H15FO2. The van der Waals surface area contributed by atoms with Crippen molar-refractivity contribution < 1.29 is 13.9 Å². The summed E-state index contributed by atoms with van der Waals surface area (Å²) in [7, 11) is 0. The quantitative estimate of drug-likeness (QED) is 0.584. The minimum absolute atomic E-state index is 0.0683. The van der Waals surface area contributed by atoms with Crippen LogP contribution in [0.25, 0.3) is 0 Å². The zero-order valence-electron chi connectivity index (χ0n) is 7.72. The second-order valence-corrected chi connectivity index (χ2v) is 3.60. The van der Waals surface area contributed by atoms with E-state index in [9.17, 15) is 4.39 Å². The van der Waals surface area contributed by atoms with E-state index in [1.54, 1.807) is 0 Å². The molecule has 0 N–H and O–H groups in total. The second-order valence-electron chi connectivity index (χ2n) is 3.60. The Morgan fingerprint density at radius 2 is 2.23 bits per heavy atom. The maximum absolute atomic E-state index is 14.0. The highest BCUT2D eigenvalue weighted by atomic mass is 19.2. The summed E-state index contributed by atoms with van der Waals surface area (Å²) in [5.74, 6) is -1.61. The van der Waals surface area contributed by atoms with Crippen LogP contribution in [0.2, 0.25) is 0 Å². The van der Waals surface area contributed by atoms with Crippen molar-refractivity contribution in [3.05, 3.63) is 11.6 Å². The molecule has 2 aliphatic rings. The van der Waals surface area contributed by atoms with E-state index in [0.29, 0.717) is 13.2 Å². The van der Waals surface area contributed by atoms with Gasteiger partial charge in [-0.1, -0.05) is 6.08 Å². The van der Waals surface area contributed by atoms with Gasteiger partial charge in [0.1, 0.15) is 6.61 Å². The zero-order chi connectivity index (χ0) is 9.15. The van der Waals surface area contributed by atoms with Crippen LogP contribution >= 0.6 is 0 Å². The van der Waals surface area contributed by atoms with Crippen molar-refractivity contribution in [1.29, 1.82) is 0 Å². The molecular weight excluding hydrogens is 171 g/mol. The number of allylic oxidation sites excluding steroid dienone is 1. The van der Waals surface area contributed by atoms with Gasteiger partial charge in [-0.2, -0.15) is 0 Å². The molecule has 1 saturated heterocycles. The molecule has 1 aliphatic heterocycles. The summed E-state index contributed by atoms with van der Waals surface area (Å²) in [4.78, 5) is 0. The van der Waals surface area contributed by atoms with Gasteiger partial charge in [-0.15, -0.1) is 0 Å². The highest BCUT2D eigenvalue weighted by Gasteiger charge is 2.38. The molecule has 0 radical (unpaired) electrons. The third-order valence-corrected chi connectivity index (χ3v) is 2.62. The van der Waals surface area contributed by atoms with Crippen LogP contribution < -0.4 is 0 Å². The van der Waals surface area contributed by atoms with Crippen molar-refractivity contribution in [3.8, 4) is 0 Å². The third-order valence-electron chi connectivity index (χ3n) is 2.62. The number of hydrogen-bond donors (Lipinski definition) is 0. The van der Waals surface area contributed by atoms with Crippen molar-refractivity contribution in [2.45, 2.75) is 31.5 Å². The molecule has 1 heterocycles. The predicted molar refractivity (Wildman–Crippen MR) is 47.2 cm³/mol. The second kappa shape index (κ2) is 3.76. The Hall–Kier alpha value is -0.410. The van der Waals surface area contributed by atoms with E-state index in [2.05, 4.69) is 0 Å². The van der Waals surface area contributed by atoms with E-state index in [-0.39, 0.29) is 6.61 Å². The van der Waals surface area contributed by atoms with Gasteiger partial charge in [0, 0.05) is 0 Å². The van der Waals surface area contributed by atoms with Gasteiger partial charge in [-0.3, -0.25) is 0 Å². The van der Waals surface area contributed by atoms with Crippen LogP contribution in [-0.4, -0.2) is 25.7 Å². The van der Waals surface area contributed by atoms with Gasteiger partial charge in [0.15, 0.2) is 0 Å². The van der Waals surface area contributed by atoms with E-state index in [1.807, 2.05) is 6.08 Å². The molecule has 1 unspecified atom stereocenters. The molecule has 0 aromatic heterocycles. The van der Waals surface area contributed by atoms with Crippen molar-refractivity contribution in [1.82, 2.24) is 0 Å². The van der Waals surface area contributed by atoms with E-state index >= 15 is 0 Å². The first-order valence-electron chi connectivity index (χ1n) is 4.91. The van der Waals surface area contributed by atoms with Gasteiger partial charge < -0.3 is 9.47 Å². The van der Waals surface area contributed by atoms with Crippen LogP contribution in [0.5, 0.6) is 0 Å². The molecule has 1 atom stereocenters. The molecule has 2 nitrogen and oxygen atoms in total. The van der Waals surface area contributed by atoms with Gasteiger partial charge in [0.05, 0.1) is 13.2 Å². The van der Waals surface area contributed by atoms with Crippen LogP contribution in [0.3, 0.4) is 0 Å². The standard InChI is InChI=1S/C10H15FO2/c11-10(8-12-6-7-13-10)9-4-2-1-3-5-9/h4H,1-3,5-8H2. The molecule has 0 aromatic rings. The lowest BCUT2D eigenvalue weighted by atomic mass is 9.94. The monoisotopic (exact) mass is 186 g/mol. The highest BCUT2D eigenvalue weighted by molar-refractivity contribution is 5.15. The van der Waals surface area contributed by atoms with E-state index in [1.165, 1.54) is 6.42 Å². The highest BCUT2D eigenvalue weighted by Crippen LogP contribution is 2.33. The Labute approximate surface area is 77.7 Å². The van der Waals surface area contributed by atoms with Crippen LogP contribution in [-0.2, 0) is 9.47 Å². The van der Waals surface area contributed by atoms with Crippen LogP contribution in [0.4, 0.5) is 4.39 Å². The summed E-state index contributed by atoms with van der Waals surface area (Å²) in [5.41, 5.74) is 0.790. The predicted octanol–water partition coefficient (Wildman–Crippen LogP) is 2.20. The topological polar surface area (TPSA) is 18.5 Å². The molecule has 1 fully saturated rings. The molecule has 2 rings (SSSR count). The van der Waals surface area contributed by atoms with Crippen molar-refractivity contribution >= 4 is 0 Å². The maximum Gasteiger partial charge on any atom is 0.255 e. The number of rotatable bonds is 1. The Morgan fingerprint density at radius 1 is 1.31 bits per heavy atom. The van der Waals surface area contributed by atoms with Gasteiger partial charge in [0.25, 0.3) is 5.85 Å². The fraction of sp³-hybridized carbons (Fsp3) is 0.800.